The molecule has 0 bridgehead atoms. The van der Waals surface area contributed by atoms with Crippen LogP contribution in [0.3, 0.4) is 0 Å². The highest BCUT2D eigenvalue weighted by atomic mass is 35.5. The first-order chi connectivity index (χ1) is 13.7. The van der Waals surface area contributed by atoms with Crippen molar-refractivity contribution in [3.05, 3.63) is 56.3 Å². The van der Waals surface area contributed by atoms with Gasteiger partial charge in [0, 0.05) is 26.4 Å². The predicted molar refractivity (Wildman–Crippen MR) is 110 cm³/mol. The summed E-state index contributed by atoms with van der Waals surface area (Å²) in [5.74, 6) is -1.74. The lowest BCUT2D eigenvalue weighted by Crippen LogP contribution is -2.32. The molecule has 2 heterocycles. The second kappa shape index (κ2) is 8.18. The number of hydrogen-bond acceptors (Lipinski definition) is 5. The molecule has 0 spiro atoms. The molecule has 1 aromatic carbocycles. The number of likely N-dealkylation sites (tertiary alicyclic amines) is 1. The highest BCUT2D eigenvalue weighted by molar-refractivity contribution is 6.47. The van der Waals surface area contributed by atoms with Crippen LogP contribution in [-0.2, 0) is 21.4 Å². The maximum absolute atomic E-state index is 12.9. The van der Waals surface area contributed by atoms with E-state index in [1.54, 1.807) is 43.8 Å². The molecule has 0 radical (unpaired) electrons. The van der Waals surface area contributed by atoms with E-state index < -0.39 is 17.7 Å². The Labute approximate surface area is 178 Å². The summed E-state index contributed by atoms with van der Waals surface area (Å²) in [4.78, 5) is 27.1. The number of rotatable bonds is 5. The summed E-state index contributed by atoms with van der Waals surface area (Å²) in [7, 11) is 3.25. The number of halogens is 2. The molecule has 1 atom stereocenters. The summed E-state index contributed by atoms with van der Waals surface area (Å²) in [6, 6.07) is 4.05. The van der Waals surface area contributed by atoms with Gasteiger partial charge in [-0.3, -0.25) is 14.3 Å². The second-order valence-corrected chi connectivity index (χ2v) is 7.64. The van der Waals surface area contributed by atoms with Crippen molar-refractivity contribution < 1.29 is 19.4 Å². The van der Waals surface area contributed by atoms with Crippen LogP contribution in [-0.4, -0.2) is 51.7 Å². The van der Waals surface area contributed by atoms with E-state index in [0.717, 1.165) is 0 Å². The van der Waals surface area contributed by atoms with E-state index in [1.165, 1.54) is 12.0 Å². The van der Waals surface area contributed by atoms with Crippen molar-refractivity contribution >= 4 is 40.7 Å². The van der Waals surface area contributed by atoms with Crippen LogP contribution >= 0.6 is 23.2 Å². The van der Waals surface area contributed by atoms with Gasteiger partial charge in [-0.15, -0.1) is 0 Å². The number of nitrogens with zero attached hydrogens (tertiary/aromatic N) is 3. The van der Waals surface area contributed by atoms with Crippen LogP contribution in [0.5, 0.6) is 0 Å². The van der Waals surface area contributed by atoms with Crippen molar-refractivity contribution in [3.63, 3.8) is 0 Å². The molecule has 3 rings (SSSR count). The number of carbonyl (C=O) groups excluding carboxylic acids is 2. The minimum absolute atomic E-state index is 0.0105. The van der Waals surface area contributed by atoms with Crippen molar-refractivity contribution in [1.82, 2.24) is 14.7 Å². The normalized spacial score (nSPS) is 18.7. The van der Waals surface area contributed by atoms with E-state index in [4.69, 9.17) is 27.9 Å². The third-order valence-corrected chi connectivity index (χ3v) is 5.82. The van der Waals surface area contributed by atoms with E-state index in [-0.39, 0.29) is 29.5 Å². The molecule has 1 amide bonds. The average molecular weight is 438 g/mol. The third-order valence-electron chi connectivity index (χ3n) is 5.08. The Morgan fingerprint density at radius 1 is 1.24 bits per heavy atom. The molecule has 1 aromatic heterocycles. The number of hydrogen-bond donors (Lipinski definition) is 1. The van der Waals surface area contributed by atoms with Crippen LogP contribution in [0.4, 0.5) is 0 Å². The van der Waals surface area contributed by atoms with Crippen molar-refractivity contribution in [2.45, 2.75) is 19.9 Å². The van der Waals surface area contributed by atoms with E-state index in [2.05, 4.69) is 5.10 Å². The maximum Gasteiger partial charge on any atom is 0.295 e. The lowest BCUT2D eigenvalue weighted by molar-refractivity contribution is -0.140. The molecule has 1 N–H and O–H groups in total. The lowest BCUT2D eigenvalue weighted by Gasteiger charge is -2.25. The monoisotopic (exact) mass is 437 g/mol. The number of aryl methyl sites for hydroxylation is 2. The molecule has 1 fully saturated rings. The van der Waals surface area contributed by atoms with E-state index in [0.29, 0.717) is 27.5 Å². The summed E-state index contributed by atoms with van der Waals surface area (Å²) >= 11 is 12.2. The first-order valence-corrected chi connectivity index (χ1v) is 9.67. The third kappa shape index (κ3) is 3.66. The van der Waals surface area contributed by atoms with Gasteiger partial charge in [0.2, 0.25) is 0 Å². The van der Waals surface area contributed by atoms with Crippen molar-refractivity contribution in [2.75, 3.05) is 20.3 Å². The van der Waals surface area contributed by atoms with Crippen LogP contribution in [0.25, 0.3) is 5.76 Å². The van der Waals surface area contributed by atoms with Gasteiger partial charge in [-0.1, -0.05) is 29.3 Å². The standard InChI is InChI=1S/C20H21Cl2N3O4/c1-10-15(11(2)24(3)23-10)18(26)16-17(12-5-6-13(21)14(22)9-12)25(7-8-29-4)20(28)19(16)27/h5-6,9,17,26H,7-8H2,1-4H3/b18-16+. The minimum atomic E-state index is -0.820. The number of carbonyl (C=O) groups is 2. The van der Waals surface area contributed by atoms with Crippen LogP contribution in [0, 0.1) is 13.8 Å². The van der Waals surface area contributed by atoms with Gasteiger partial charge in [0.1, 0.15) is 5.76 Å². The van der Waals surface area contributed by atoms with Gasteiger partial charge < -0.3 is 14.7 Å². The van der Waals surface area contributed by atoms with E-state index in [9.17, 15) is 14.7 Å². The topological polar surface area (TPSA) is 84.7 Å². The van der Waals surface area contributed by atoms with E-state index in [1.807, 2.05) is 0 Å². The molecule has 1 saturated heterocycles. The Morgan fingerprint density at radius 2 is 1.93 bits per heavy atom. The Kier molecular flexibility index (Phi) is 6.03. The van der Waals surface area contributed by atoms with Gasteiger partial charge in [-0.25, -0.2) is 0 Å². The number of benzene rings is 1. The highest BCUT2D eigenvalue weighted by Gasteiger charge is 2.46. The van der Waals surface area contributed by atoms with Gasteiger partial charge in [0.25, 0.3) is 11.7 Å². The smallest absolute Gasteiger partial charge is 0.295 e. The maximum atomic E-state index is 12.9. The van der Waals surface area contributed by atoms with Gasteiger partial charge >= 0.3 is 0 Å². The molecule has 1 aliphatic heterocycles. The summed E-state index contributed by atoms with van der Waals surface area (Å²) in [5, 5.41) is 16.0. The number of ether oxygens (including phenoxy) is 1. The fourth-order valence-electron chi connectivity index (χ4n) is 3.58. The minimum Gasteiger partial charge on any atom is -0.507 e. The van der Waals surface area contributed by atoms with Crippen LogP contribution in [0.2, 0.25) is 10.0 Å². The lowest BCUT2D eigenvalue weighted by atomic mass is 9.94. The zero-order chi connectivity index (χ0) is 21.5. The highest BCUT2D eigenvalue weighted by Crippen LogP contribution is 2.41. The van der Waals surface area contributed by atoms with Crippen LogP contribution in [0.1, 0.15) is 28.6 Å². The molecule has 2 aromatic rings. The zero-order valence-electron chi connectivity index (χ0n) is 16.5. The predicted octanol–water partition coefficient (Wildman–Crippen LogP) is 3.41. The Morgan fingerprint density at radius 3 is 2.48 bits per heavy atom. The number of ketones is 1. The summed E-state index contributed by atoms with van der Waals surface area (Å²) in [6.45, 7) is 3.92. The van der Waals surface area contributed by atoms with Gasteiger partial charge in [-0.05, 0) is 31.5 Å². The Bertz CT molecular complexity index is 1030. The summed E-state index contributed by atoms with van der Waals surface area (Å²) in [5.41, 5.74) is 2.22. The number of methoxy groups -OCH3 is 1. The van der Waals surface area contributed by atoms with Crippen molar-refractivity contribution in [3.8, 4) is 0 Å². The van der Waals surface area contributed by atoms with Crippen molar-refractivity contribution in [1.29, 1.82) is 0 Å². The fourth-order valence-corrected chi connectivity index (χ4v) is 3.89. The fraction of sp³-hybridized carbons (Fsp3) is 0.350. The number of amides is 1. The SMILES string of the molecule is COCCN1C(=O)C(=O)/C(=C(/O)c2c(C)nn(C)c2C)C1c1ccc(Cl)c(Cl)c1. The molecule has 0 saturated carbocycles. The van der Waals surface area contributed by atoms with Crippen LogP contribution in [0.15, 0.2) is 23.8 Å². The molecule has 9 heteroatoms. The van der Waals surface area contributed by atoms with Gasteiger partial charge in [-0.2, -0.15) is 5.10 Å². The van der Waals surface area contributed by atoms with Crippen molar-refractivity contribution in [2.24, 2.45) is 7.05 Å². The number of Topliss-reactive ketones (excluding diaryl/α,β-unsaturated/α-hetero) is 1. The zero-order valence-corrected chi connectivity index (χ0v) is 18.0. The first-order valence-electron chi connectivity index (χ1n) is 8.91. The molecule has 7 nitrogen and oxygen atoms in total. The largest absolute Gasteiger partial charge is 0.507 e. The summed E-state index contributed by atoms with van der Waals surface area (Å²) in [6.07, 6.45) is 0. The molecule has 0 aliphatic carbocycles. The molecule has 29 heavy (non-hydrogen) atoms. The number of aliphatic hydroxyl groups is 1. The second-order valence-electron chi connectivity index (χ2n) is 6.83. The van der Waals surface area contributed by atoms with Crippen LogP contribution < -0.4 is 0 Å². The number of aromatic nitrogens is 2. The number of aliphatic hydroxyl groups excluding tert-OH is 1. The quantitative estimate of drug-likeness (QED) is 0.440. The molecule has 1 aliphatic rings. The molecular weight excluding hydrogens is 417 g/mol. The van der Waals surface area contributed by atoms with E-state index >= 15 is 0 Å². The summed E-state index contributed by atoms with van der Waals surface area (Å²) < 4.78 is 6.70. The molecular formula is C20H21Cl2N3O4. The first kappa shape index (κ1) is 21.4. The Hall–Kier alpha value is -2.35. The van der Waals surface area contributed by atoms with Gasteiger partial charge in [0.05, 0.1) is 39.5 Å². The Balaban J connectivity index is 2.25. The molecule has 1 unspecified atom stereocenters. The average Bonchev–Trinajstić information content (AvgIpc) is 3.08. The molecule has 154 valence electrons. The van der Waals surface area contributed by atoms with Gasteiger partial charge in [0.15, 0.2) is 0 Å².